The van der Waals surface area contributed by atoms with Crippen molar-refractivity contribution in [2.45, 2.75) is 111 Å². The minimum Gasteiger partial charge on any atom is -0.504 e. The predicted molar refractivity (Wildman–Crippen MR) is 183 cm³/mol. The van der Waals surface area contributed by atoms with Gasteiger partial charge in [0.15, 0.2) is 23.0 Å². The van der Waals surface area contributed by atoms with Gasteiger partial charge in [0.05, 0.1) is 43.2 Å². The molecular weight excluding hydrogens is 604 g/mol. The normalized spacial score (nSPS) is 19.0. The third kappa shape index (κ3) is 9.72. The van der Waals surface area contributed by atoms with Crippen LogP contribution in [0.1, 0.15) is 82.6 Å². The highest BCUT2D eigenvalue weighted by molar-refractivity contribution is 6.62. The number of benzene rings is 2. The predicted octanol–water partition coefficient (Wildman–Crippen LogP) is 4.99. The number of methoxy groups -OCH3 is 2. The van der Waals surface area contributed by atoms with Gasteiger partial charge in [-0.1, -0.05) is 12.1 Å². The van der Waals surface area contributed by atoms with Crippen molar-refractivity contribution in [3.05, 3.63) is 36.4 Å². The topological polar surface area (TPSA) is 123 Å². The number of hydrogen-bond donors (Lipinski definition) is 2. The Labute approximate surface area is 281 Å². The Bertz CT molecular complexity index is 1340. The van der Waals surface area contributed by atoms with Crippen molar-refractivity contribution >= 4 is 31.3 Å². The second-order valence-corrected chi connectivity index (χ2v) is 14.6. The monoisotopic (exact) mass is 657 g/mol. The Kier molecular flexibility index (Phi) is 11.9. The Morgan fingerprint density at radius 1 is 0.745 bits per heavy atom. The number of phenolic OH excluding ortho intramolecular Hbond substituents is 1. The number of rotatable bonds is 9. The van der Waals surface area contributed by atoms with E-state index in [1.807, 2.05) is 94.4 Å². The number of carbonyl (C=O) groups excluding carboxylic acids is 1. The molecule has 0 aliphatic carbocycles. The van der Waals surface area contributed by atoms with Gasteiger partial charge in [0.2, 0.25) is 0 Å². The van der Waals surface area contributed by atoms with Crippen LogP contribution in [0.4, 0.5) is 4.79 Å². The second-order valence-electron chi connectivity index (χ2n) is 14.6. The Hall–Kier alpha value is -3.12. The summed E-state index contributed by atoms with van der Waals surface area (Å²) in [5.41, 5.74) is -0.344. The number of phenols is 1. The molecule has 4 rings (SSSR count). The number of alkyl carbamates (subject to hydrolysis) is 1. The quantitative estimate of drug-likeness (QED) is 0.282. The summed E-state index contributed by atoms with van der Waals surface area (Å²) in [5.74, 6) is 1.77. The van der Waals surface area contributed by atoms with Gasteiger partial charge in [-0.3, -0.25) is 0 Å². The van der Waals surface area contributed by atoms with Gasteiger partial charge >= 0.3 is 20.3 Å². The SMILES string of the molecule is COc1cc(B2OC(C)(C)C(C)(C)O2)ccc1O.COc1cc(B2OC(C)(C)C(C)(C)O2)ccc1OCCCNC(=O)OC(C)(C)C. The Balaban J connectivity index is 0.000000284. The van der Waals surface area contributed by atoms with E-state index >= 15 is 0 Å². The highest BCUT2D eigenvalue weighted by atomic mass is 16.7. The molecule has 0 unspecified atom stereocenters. The summed E-state index contributed by atoms with van der Waals surface area (Å²) >= 11 is 0. The maximum atomic E-state index is 11.6. The minimum absolute atomic E-state index is 0.109. The molecule has 2 aromatic rings. The van der Waals surface area contributed by atoms with Crippen molar-refractivity contribution in [3.63, 3.8) is 0 Å². The molecule has 2 aliphatic rings. The molecule has 2 N–H and O–H groups in total. The highest BCUT2D eigenvalue weighted by Crippen LogP contribution is 2.38. The summed E-state index contributed by atoms with van der Waals surface area (Å²) in [4.78, 5) is 11.6. The van der Waals surface area contributed by atoms with E-state index in [0.717, 1.165) is 10.9 Å². The van der Waals surface area contributed by atoms with Crippen molar-refractivity contribution in [3.8, 4) is 23.0 Å². The first-order chi connectivity index (χ1) is 21.6. The summed E-state index contributed by atoms with van der Waals surface area (Å²) < 4.78 is 45.6. The van der Waals surface area contributed by atoms with Gasteiger partial charge in [-0.2, -0.15) is 0 Å². The minimum atomic E-state index is -0.507. The zero-order chi connectivity index (χ0) is 35.4. The van der Waals surface area contributed by atoms with E-state index in [-0.39, 0.29) is 17.0 Å². The van der Waals surface area contributed by atoms with Crippen molar-refractivity contribution in [1.29, 1.82) is 0 Å². The van der Waals surface area contributed by atoms with E-state index in [0.29, 0.717) is 36.8 Å². The molecule has 0 aromatic heterocycles. The van der Waals surface area contributed by atoms with Crippen LogP contribution < -0.4 is 30.5 Å². The molecule has 2 saturated heterocycles. The molecule has 0 saturated carbocycles. The third-order valence-electron chi connectivity index (χ3n) is 8.69. The fourth-order valence-electron chi connectivity index (χ4n) is 4.51. The lowest BCUT2D eigenvalue weighted by Gasteiger charge is -2.32. The van der Waals surface area contributed by atoms with E-state index in [1.54, 1.807) is 25.3 Å². The van der Waals surface area contributed by atoms with Crippen molar-refractivity contribution in [2.24, 2.45) is 0 Å². The van der Waals surface area contributed by atoms with Gasteiger partial charge in [0.1, 0.15) is 5.60 Å². The first-order valence-electron chi connectivity index (χ1n) is 16.0. The molecule has 0 spiro atoms. The van der Waals surface area contributed by atoms with Crippen LogP contribution in [-0.4, -0.2) is 80.8 Å². The molecule has 11 nitrogen and oxygen atoms in total. The fraction of sp³-hybridized carbons (Fsp3) is 0.618. The van der Waals surface area contributed by atoms with Crippen LogP contribution in [0.2, 0.25) is 0 Å². The fourth-order valence-corrected chi connectivity index (χ4v) is 4.51. The molecule has 13 heteroatoms. The van der Waals surface area contributed by atoms with Crippen molar-refractivity contribution < 1.29 is 47.5 Å². The maximum absolute atomic E-state index is 11.6. The second kappa shape index (κ2) is 14.6. The van der Waals surface area contributed by atoms with Gasteiger partial charge in [-0.15, -0.1) is 0 Å². The van der Waals surface area contributed by atoms with E-state index in [4.69, 9.17) is 37.6 Å². The zero-order valence-electron chi connectivity index (χ0n) is 30.4. The van der Waals surface area contributed by atoms with E-state index in [2.05, 4.69) is 5.32 Å². The summed E-state index contributed by atoms with van der Waals surface area (Å²) in [6.07, 6.45) is 0.211. The van der Waals surface area contributed by atoms with Gasteiger partial charge in [0.25, 0.3) is 0 Å². The van der Waals surface area contributed by atoms with Gasteiger partial charge in [-0.25, -0.2) is 4.79 Å². The van der Waals surface area contributed by atoms with Crippen LogP contribution >= 0.6 is 0 Å². The summed E-state index contributed by atoms with van der Waals surface area (Å²) in [7, 11) is 2.22. The molecule has 2 fully saturated rings. The first kappa shape index (κ1) is 38.3. The molecule has 0 bridgehead atoms. The Morgan fingerprint density at radius 3 is 1.64 bits per heavy atom. The first-order valence-corrected chi connectivity index (χ1v) is 16.0. The molecule has 1 amide bonds. The number of ether oxygens (including phenoxy) is 4. The molecule has 47 heavy (non-hydrogen) atoms. The van der Waals surface area contributed by atoms with Gasteiger partial charge in [0, 0.05) is 6.54 Å². The third-order valence-corrected chi connectivity index (χ3v) is 8.69. The van der Waals surface area contributed by atoms with Crippen LogP contribution in [0.5, 0.6) is 23.0 Å². The molecular formula is C34H53B2NO10. The highest BCUT2D eigenvalue weighted by Gasteiger charge is 2.52. The lowest BCUT2D eigenvalue weighted by atomic mass is 9.79. The molecule has 260 valence electrons. The summed E-state index contributed by atoms with van der Waals surface area (Å²) in [5, 5.41) is 12.3. The standard InChI is InChI=1S/C21H34BNO6.C13H19BO4/c1-19(2,3)27-18(24)23-12-9-13-26-16-11-10-15(14-17(16)25-8)22-28-20(4,5)21(6,7)29-22;1-12(2)13(3,4)18-14(17-12)9-6-7-10(15)11(8-9)16-5/h10-11,14H,9,12-13H2,1-8H3,(H,23,24);6-8,15H,1-5H3. The molecule has 2 aromatic carbocycles. The molecule has 2 aliphatic heterocycles. The lowest BCUT2D eigenvalue weighted by molar-refractivity contribution is 0.00578. The number of amides is 1. The van der Waals surface area contributed by atoms with Crippen LogP contribution in [0.15, 0.2) is 36.4 Å². The van der Waals surface area contributed by atoms with Crippen molar-refractivity contribution in [1.82, 2.24) is 5.32 Å². The van der Waals surface area contributed by atoms with Gasteiger partial charge < -0.3 is 48.0 Å². The number of nitrogens with one attached hydrogen (secondary N) is 1. The lowest BCUT2D eigenvalue weighted by Crippen LogP contribution is -2.41. The average molecular weight is 657 g/mol. The molecule has 2 heterocycles. The van der Waals surface area contributed by atoms with E-state index in [9.17, 15) is 9.90 Å². The molecule has 0 radical (unpaired) electrons. The smallest absolute Gasteiger partial charge is 0.494 e. The maximum Gasteiger partial charge on any atom is 0.494 e. The van der Waals surface area contributed by atoms with Crippen LogP contribution in [0.3, 0.4) is 0 Å². The zero-order valence-corrected chi connectivity index (χ0v) is 30.4. The van der Waals surface area contributed by atoms with Gasteiger partial charge in [-0.05, 0) is 118 Å². The van der Waals surface area contributed by atoms with Crippen LogP contribution in [-0.2, 0) is 23.4 Å². The van der Waals surface area contributed by atoms with E-state index < -0.39 is 37.1 Å². The number of hydrogen-bond acceptors (Lipinski definition) is 10. The largest absolute Gasteiger partial charge is 0.504 e. The average Bonchev–Trinajstić information content (AvgIpc) is 3.31. The van der Waals surface area contributed by atoms with Crippen LogP contribution in [0, 0.1) is 0 Å². The molecule has 0 atom stereocenters. The number of carbonyl (C=O) groups is 1. The summed E-state index contributed by atoms with van der Waals surface area (Å²) in [6, 6.07) is 10.7. The van der Waals surface area contributed by atoms with E-state index in [1.165, 1.54) is 7.11 Å². The Morgan fingerprint density at radius 2 is 1.19 bits per heavy atom. The van der Waals surface area contributed by atoms with Crippen molar-refractivity contribution in [2.75, 3.05) is 27.4 Å². The number of aromatic hydroxyl groups is 1. The summed E-state index contributed by atoms with van der Waals surface area (Å²) in [6.45, 7) is 22.5. The van der Waals surface area contributed by atoms with Crippen LogP contribution in [0.25, 0.3) is 0 Å².